The fourth-order valence-corrected chi connectivity index (χ4v) is 5.19. The van der Waals surface area contributed by atoms with Gasteiger partial charge in [0.1, 0.15) is 0 Å². The van der Waals surface area contributed by atoms with Gasteiger partial charge in [-0.2, -0.15) is 0 Å². The van der Waals surface area contributed by atoms with Gasteiger partial charge >= 0.3 is 0 Å². The molecule has 2 heterocycles. The van der Waals surface area contributed by atoms with Crippen molar-refractivity contribution in [3.8, 4) is 0 Å². The van der Waals surface area contributed by atoms with Crippen LogP contribution in [0.4, 0.5) is 5.69 Å². The van der Waals surface area contributed by atoms with Crippen LogP contribution in [0.15, 0.2) is 24.3 Å². The average Bonchev–Trinajstić information content (AvgIpc) is 3.29. The van der Waals surface area contributed by atoms with Gasteiger partial charge in [0.05, 0.1) is 0 Å². The number of para-hydroxylation sites is 1. The minimum Gasteiger partial charge on any atom is -0.337 e. The third-order valence-corrected chi connectivity index (χ3v) is 6.89. The standard InChI is InChI=1S/C28H46N4O2/c1-23(2)20-28(34)32-16-9-15-30(21-24(3)4)18-19-31(22-25-10-5-6-11-26(25)32)27(33)12-17-29-13-7-8-14-29/h5-6,10-11,23-24H,7-9,12-22H2,1-4H3. The van der Waals surface area contributed by atoms with E-state index < -0.39 is 0 Å². The zero-order chi connectivity index (χ0) is 24.5. The van der Waals surface area contributed by atoms with E-state index in [1.165, 1.54) is 12.8 Å². The molecule has 0 bridgehead atoms. The van der Waals surface area contributed by atoms with E-state index in [2.05, 4.69) is 49.6 Å². The second-order valence-corrected chi connectivity index (χ2v) is 10.9. The third-order valence-electron chi connectivity index (χ3n) is 6.89. The van der Waals surface area contributed by atoms with Gasteiger partial charge in [-0.05, 0) is 62.4 Å². The van der Waals surface area contributed by atoms with Crippen LogP contribution in [0.25, 0.3) is 0 Å². The Morgan fingerprint density at radius 3 is 2.21 bits per heavy atom. The Morgan fingerprint density at radius 1 is 0.794 bits per heavy atom. The van der Waals surface area contributed by atoms with E-state index in [0.717, 1.165) is 70.0 Å². The summed E-state index contributed by atoms with van der Waals surface area (Å²) in [4.78, 5) is 35.6. The minimum atomic E-state index is 0.184. The fourth-order valence-electron chi connectivity index (χ4n) is 5.19. The molecule has 34 heavy (non-hydrogen) atoms. The summed E-state index contributed by atoms with van der Waals surface area (Å²) in [5, 5.41) is 0. The number of carbonyl (C=O) groups is 2. The van der Waals surface area contributed by atoms with E-state index in [4.69, 9.17) is 0 Å². The average molecular weight is 471 g/mol. The highest BCUT2D eigenvalue weighted by Gasteiger charge is 2.24. The molecule has 6 nitrogen and oxygen atoms in total. The smallest absolute Gasteiger partial charge is 0.227 e. The molecule has 2 aliphatic heterocycles. The van der Waals surface area contributed by atoms with Crippen molar-refractivity contribution in [2.75, 3.05) is 57.3 Å². The molecule has 0 aliphatic carbocycles. The van der Waals surface area contributed by atoms with Crippen molar-refractivity contribution in [2.24, 2.45) is 11.8 Å². The van der Waals surface area contributed by atoms with Crippen LogP contribution in [0.5, 0.6) is 0 Å². The maximum atomic E-state index is 13.4. The quantitative estimate of drug-likeness (QED) is 0.598. The molecule has 2 aliphatic rings. The normalized spacial score (nSPS) is 18.9. The van der Waals surface area contributed by atoms with Crippen LogP contribution >= 0.6 is 0 Å². The molecule has 0 radical (unpaired) electrons. The van der Waals surface area contributed by atoms with Crippen LogP contribution in [0.2, 0.25) is 0 Å². The van der Waals surface area contributed by atoms with Crippen LogP contribution < -0.4 is 4.90 Å². The second-order valence-electron chi connectivity index (χ2n) is 10.9. The van der Waals surface area contributed by atoms with Gasteiger partial charge in [-0.25, -0.2) is 0 Å². The second kappa shape index (κ2) is 13.2. The molecule has 0 aromatic heterocycles. The summed E-state index contributed by atoms with van der Waals surface area (Å²) in [6.07, 6.45) is 4.55. The van der Waals surface area contributed by atoms with E-state index >= 15 is 0 Å². The molecule has 2 amide bonds. The number of rotatable bonds is 7. The summed E-state index contributed by atoms with van der Waals surface area (Å²) in [6, 6.07) is 8.19. The molecular formula is C28H46N4O2. The Hall–Kier alpha value is -1.92. The maximum Gasteiger partial charge on any atom is 0.227 e. The molecule has 0 unspecified atom stereocenters. The summed E-state index contributed by atoms with van der Waals surface area (Å²) in [5.41, 5.74) is 2.05. The topological polar surface area (TPSA) is 47.1 Å². The molecule has 0 atom stereocenters. The first-order chi connectivity index (χ1) is 16.3. The number of nitrogens with zero attached hydrogens (tertiary/aromatic N) is 4. The van der Waals surface area contributed by atoms with Crippen molar-refractivity contribution >= 4 is 17.5 Å². The predicted molar refractivity (Wildman–Crippen MR) is 140 cm³/mol. The lowest BCUT2D eigenvalue weighted by Crippen LogP contribution is -2.40. The Labute approximate surface area is 207 Å². The van der Waals surface area contributed by atoms with E-state index in [1.54, 1.807) is 0 Å². The summed E-state index contributed by atoms with van der Waals surface area (Å²) >= 11 is 0. The number of likely N-dealkylation sites (tertiary alicyclic amines) is 1. The molecule has 190 valence electrons. The molecule has 1 saturated heterocycles. The maximum absolute atomic E-state index is 13.4. The molecule has 1 fully saturated rings. The molecule has 1 aromatic rings. The van der Waals surface area contributed by atoms with Crippen molar-refractivity contribution in [1.82, 2.24) is 14.7 Å². The van der Waals surface area contributed by atoms with E-state index in [0.29, 0.717) is 31.2 Å². The van der Waals surface area contributed by atoms with Gasteiger partial charge in [0.25, 0.3) is 0 Å². The number of hydrogen-bond donors (Lipinski definition) is 0. The molecule has 0 saturated carbocycles. The molecule has 0 N–H and O–H groups in total. The van der Waals surface area contributed by atoms with E-state index in [-0.39, 0.29) is 11.8 Å². The number of benzene rings is 1. The Kier molecular flexibility index (Phi) is 10.4. The number of anilines is 1. The number of fused-ring (bicyclic) bond motifs is 1. The Bertz CT molecular complexity index is 788. The van der Waals surface area contributed by atoms with E-state index in [9.17, 15) is 9.59 Å². The molecule has 3 rings (SSSR count). The van der Waals surface area contributed by atoms with Crippen molar-refractivity contribution in [3.63, 3.8) is 0 Å². The first-order valence-corrected chi connectivity index (χ1v) is 13.4. The molecule has 0 spiro atoms. The lowest BCUT2D eigenvalue weighted by Gasteiger charge is -2.29. The molecule has 6 heteroatoms. The largest absolute Gasteiger partial charge is 0.337 e. The summed E-state index contributed by atoms with van der Waals surface area (Å²) < 4.78 is 0. The van der Waals surface area contributed by atoms with Gasteiger partial charge in [-0.1, -0.05) is 45.9 Å². The number of amides is 2. The summed E-state index contributed by atoms with van der Waals surface area (Å²) in [5.74, 6) is 1.30. The highest BCUT2D eigenvalue weighted by molar-refractivity contribution is 5.94. The van der Waals surface area contributed by atoms with Crippen LogP contribution in [-0.4, -0.2) is 78.9 Å². The highest BCUT2D eigenvalue weighted by atomic mass is 16.2. The van der Waals surface area contributed by atoms with Crippen molar-refractivity contribution in [3.05, 3.63) is 29.8 Å². The predicted octanol–water partition coefficient (Wildman–Crippen LogP) is 4.24. The third kappa shape index (κ3) is 8.09. The summed E-state index contributed by atoms with van der Waals surface area (Å²) in [6.45, 7) is 16.7. The Morgan fingerprint density at radius 2 is 1.50 bits per heavy atom. The fraction of sp³-hybridized carbons (Fsp3) is 0.714. The zero-order valence-corrected chi connectivity index (χ0v) is 22.0. The SMILES string of the molecule is CC(C)CC(=O)N1CCCN(CC(C)C)CCN(C(=O)CCN2CCCC2)Cc2ccccc21. The van der Waals surface area contributed by atoms with Crippen molar-refractivity contribution in [1.29, 1.82) is 0 Å². The van der Waals surface area contributed by atoms with Crippen LogP contribution in [0.3, 0.4) is 0 Å². The highest BCUT2D eigenvalue weighted by Crippen LogP contribution is 2.25. The van der Waals surface area contributed by atoms with Gasteiger partial charge in [0.15, 0.2) is 0 Å². The zero-order valence-electron chi connectivity index (χ0n) is 22.0. The monoisotopic (exact) mass is 470 g/mol. The summed E-state index contributed by atoms with van der Waals surface area (Å²) in [7, 11) is 0. The molecule has 1 aromatic carbocycles. The lowest BCUT2D eigenvalue weighted by atomic mass is 10.1. The van der Waals surface area contributed by atoms with Gasteiger partial charge in [0, 0.05) is 57.8 Å². The van der Waals surface area contributed by atoms with Crippen LogP contribution in [-0.2, 0) is 16.1 Å². The van der Waals surface area contributed by atoms with Gasteiger partial charge in [-0.3, -0.25) is 9.59 Å². The van der Waals surface area contributed by atoms with Crippen LogP contribution in [0.1, 0.15) is 65.4 Å². The number of hydrogen-bond acceptors (Lipinski definition) is 4. The van der Waals surface area contributed by atoms with Crippen LogP contribution in [0, 0.1) is 11.8 Å². The molecular weight excluding hydrogens is 424 g/mol. The van der Waals surface area contributed by atoms with Crippen molar-refractivity contribution in [2.45, 2.75) is 66.3 Å². The van der Waals surface area contributed by atoms with Gasteiger partial charge < -0.3 is 19.6 Å². The number of carbonyl (C=O) groups excluding carboxylic acids is 2. The first kappa shape index (κ1) is 26.7. The lowest BCUT2D eigenvalue weighted by molar-refractivity contribution is -0.132. The van der Waals surface area contributed by atoms with Gasteiger partial charge in [0.2, 0.25) is 11.8 Å². The van der Waals surface area contributed by atoms with Gasteiger partial charge in [-0.15, -0.1) is 0 Å². The minimum absolute atomic E-state index is 0.184. The Balaban J connectivity index is 1.84. The van der Waals surface area contributed by atoms with E-state index in [1.807, 2.05) is 21.9 Å². The first-order valence-electron chi connectivity index (χ1n) is 13.4. The van der Waals surface area contributed by atoms with Crippen molar-refractivity contribution < 1.29 is 9.59 Å².